The molecule has 1 amide bonds. The molecule has 1 fully saturated rings. The number of nitrogens with one attached hydrogen (secondary N) is 1. The fourth-order valence-electron chi connectivity index (χ4n) is 4.42. The Bertz CT molecular complexity index is 1450. The van der Waals surface area contributed by atoms with Gasteiger partial charge < -0.3 is 20.1 Å². The van der Waals surface area contributed by atoms with Crippen molar-refractivity contribution in [3.63, 3.8) is 0 Å². The van der Waals surface area contributed by atoms with Gasteiger partial charge in [-0.3, -0.25) is 14.4 Å². The lowest BCUT2D eigenvalue weighted by atomic mass is 10.0. The van der Waals surface area contributed by atoms with Gasteiger partial charge in [-0.1, -0.05) is 24.3 Å². The number of carbonyl (C=O) groups excluding carboxylic acids is 2. The lowest BCUT2D eigenvalue weighted by Gasteiger charge is -2.16. The zero-order valence-electron chi connectivity index (χ0n) is 20.2. The van der Waals surface area contributed by atoms with E-state index in [4.69, 9.17) is 0 Å². The van der Waals surface area contributed by atoms with E-state index < -0.39 is 70.3 Å². The van der Waals surface area contributed by atoms with E-state index >= 15 is 0 Å². The molecular weight excluding hydrogens is 501 g/mol. The third-order valence-electron chi connectivity index (χ3n) is 6.45. The van der Waals surface area contributed by atoms with E-state index in [2.05, 4.69) is 5.32 Å². The van der Waals surface area contributed by atoms with Crippen LogP contribution in [-0.2, 0) is 17.8 Å². The molecule has 2 aromatic carbocycles. The van der Waals surface area contributed by atoms with Gasteiger partial charge >= 0.3 is 0 Å². The first-order valence-corrected chi connectivity index (χ1v) is 12.0. The minimum Gasteiger partial charge on any atom is -0.503 e. The lowest BCUT2D eigenvalue weighted by molar-refractivity contribution is -0.121. The third-order valence-corrected chi connectivity index (χ3v) is 6.45. The molecule has 0 bridgehead atoms. The average Bonchev–Trinajstić information content (AvgIpc) is 3.28. The smallest absolute Gasteiger partial charge is 0.286 e. The molecule has 1 saturated carbocycles. The van der Waals surface area contributed by atoms with Crippen molar-refractivity contribution in [2.75, 3.05) is 0 Å². The highest BCUT2D eigenvalue weighted by molar-refractivity contribution is 6.08. The van der Waals surface area contributed by atoms with Gasteiger partial charge in [-0.25, -0.2) is 13.2 Å². The average molecular weight is 527 g/mol. The van der Waals surface area contributed by atoms with E-state index in [1.807, 2.05) is 0 Å². The van der Waals surface area contributed by atoms with E-state index in [0.717, 1.165) is 16.7 Å². The minimum atomic E-state index is -1.03. The molecule has 3 N–H and O–H groups in total. The molecule has 1 heterocycles. The van der Waals surface area contributed by atoms with E-state index in [1.54, 1.807) is 6.07 Å². The fourth-order valence-corrected chi connectivity index (χ4v) is 4.42. The Morgan fingerprint density at radius 1 is 1.03 bits per heavy atom. The van der Waals surface area contributed by atoms with Crippen LogP contribution < -0.4 is 10.9 Å². The summed E-state index contributed by atoms with van der Waals surface area (Å²) in [5.41, 5.74) is -1.30. The molecule has 1 aliphatic carbocycles. The number of benzene rings is 2. The number of pyridine rings is 1. The van der Waals surface area contributed by atoms with E-state index in [9.17, 15) is 37.8 Å². The molecule has 10 heteroatoms. The highest BCUT2D eigenvalue weighted by Crippen LogP contribution is 2.19. The quantitative estimate of drug-likeness (QED) is 0.236. The van der Waals surface area contributed by atoms with Crippen LogP contribution in [0.25, 0.3) is 0 Å². The summed E-state index contributed by atoms with van der Waals surface area (Å²) in [6, 6.07) is 9.69. The molecule has 1 aliphatic rings. The van der Waals surface area contributed by atoms with Crippen molar-refractivity contribution in [1.82, 2.24) is 9.88 Å². The normalized spacial score (nSPS) is 17.4. The third kappa shape index (κ3) is 6.03. The number of allylic oxidation sites excluding steroid dienone is 1. The van der Waals surface area contributed by atoms with Crippen molar-refractivity contribution in [2.45, 2.75) is 44.4 Å². The van der Waals surface area contributed by atoms with Crippen LogP contribution in [-0.4, -0.2) is 38.6 Å². The Balaban J connectivity index is 1.70. The molecule has 0 saturated heterocycles. The molecule has 7 nitrogen and oxygen atoms in total. The first kappa shape index (κ1) is 26.9. The Morgan fingerprint density at radius 2 is 1.71 bits per heavy atom. The maximum Gasteiger partial charge on any atom is 0.286 e. The van der Waals surface area contributed by atoms with Gasteiger partial charge in [-0.2, -0.15) is 0 Å². The maximum absolute atomic E-state index is 14.3. The molecule has 2 atom stereocenters. The van der Waals surface area contributed by atoms with E-state index in [0.29, 0.717) is 25.3 Å². The van der Waals surface area contributed by atoms with Crippen molar-refractivity contribution in [2.24, 2.45) is 0 Å². The van der Waals surface area contributed by atoms with Crippen LogP contribution in [0.5, 0.6) is 0 Å². The van der Waals surface area contributed by atoms with Crippen LogP contribution >= 0.6 is 0 Å². The molecule has 1 aromatic heterocycles. The molecule has 4 rings (SSSR count). The largest absolute Gasteiger partial charge is 0.503 e. The summed E-state index contributed by atoms with van der Waals surface area (Å²) in [4.78, 5) is 38.5. The van der Waals surface area contributed by atoms with E-state index in [1.165, 1.54) is 36.5 Å². The van der Waals surface area contributed by atoms with Gasteiger partial charge in [0.2, 0.25) is 0 Å². The maximum atomic E-state index is 14.3. The summed E-state index contributed by atoms with van der Waals surface area (Å²) in [7, 11) is 0. The number of carbonyl (C=O) groups is 2. The summed E-state index contributed by atoms with van der Waals surface area (Å²) in [6.07, 6.45) is 2.69. The van der Waals surface area contributed by atoms with Gasteiger partial charge in [0.25, 0.3) is 11.5 Å². The summed E-state index contributed by atoms with van der Waals surface area (Å²) < 4.78 is 43.8. The first-order chi connectivity index (χ1) is 18.1. The van der Waals surface area contributed by atoms with Crippen molar-refractivity contribution in [3.8, 4) is 0 Å². The molecule has 0 unspecified atom stereocenters. The number of nitrogens with zero attached hydrogens (tertiary/aromatic N) is 1. The Hall–Kier alpha value is -4.18. The zero-order valence-corrected chi connectivity index (χ0v) is 20.2. The summed E-state index contributed by atoms with van der Waals surface area (Å²) in [5.74, 6) is -5.32. The van der Waals surface area contributed by atoms with Crippen LogP contribution in [0.2, 0.25) is 0 Å². The molecule has 3 aromatic rings. The van der Waals surface area contributed by atoms with Gasteiger partial charge in [0.1, 0.15) is 17.5 Å². The predicted molar refractivity (Wildman–Crippen MR) is 132 cm³/mol. The Kier molecular flexibility index (Phi) is 8.11. The molecule has 198 valence electrons. The zero-order chi connectivity index (χ0) is 27.4. The minimum absolute atomic E-state index is 0.0528. The molecule has 0 spiro atoms. The molecular formula is C28H25F3N2O5. The van der Waals surface area contributed by atoms with Crippen LogP contribution in [0.1, 0.15) is 46.3 Å². The second kappa shape index (κ2) is 11.5. The second-order valence-electron chi connectivity index (χ2n) is 9.14. The highest BCUT2D eigenvalue weighted by Gasteiger charge is 2.28. The van der Waals surface area contributed by atoms with Crippen molar-refractivity contribution < 1.29 is 33.0 Å². The van der Waals surface area contributed by atoms with Gasteiger partial charge in [-0.15, -0.1) is 0 Å². The summed E-state index contributed by atoms with van der Waals surface area (Å²) >= 11 is 0. The van der Waals surface area contributed by atoms with Crippen molar-refractivity contribution in [3.05, 3.63) is 117 Å². The van der Waals surface area contributed by atoms with Crippen LogP contribution in [0.4, 0.5) is 13.2 Å². The lowest BCUT2D eigenvalue weighted by Crippen LogP contribution is -2.40. The van der Waals surface area contributed by atoms with E-state index in [-0.39, 0.29) is 17.5 Å². The Labute approximate surface area is 215 Å². The fraction of sp³-hybridized carbons (Fsp3) is 0.250. The number of aliphatic hydroxyl groups excluding tert-OH is 2. The number of aromatic nitrogens is 1. The standard InChI is InChI=1S/C28H25F3N2O5/c29-20-6-2-1-5-17(20)11-16-12-18(25(35)13-26(36)27(37)32-23-9-4-10-24(23)34)28(38)33(14-16)15-19-21(30)7-3-8-22(19)31/h1-3,5-8,12-14,23-24,34,36H,4,9-11,15H2,(H,32,37)/t23-,24-/m1/s1. The SMILES string of the molecule is O=C(N[C@@H]1CCC[C@H]1O)C(O)=CC(=O)c1cc(Cc2ccccc2F)cn(Cc2c(F)cccc2F)c1=O. The first-order valence-electron chi connectivity index (χ1n) is 12.0. The second-order valence-corrected chi connectivity index (χ2v) is 9.14. The van der Waals surface area contributed by atoms with Crippen LogP contribution in [0.15, 0.2) is 71.4 Å². The summed E-state index contributed by atoms with van der Waals surface area (Å²) in [5, 5.41) is 22.5. The predicted octanol–water partition coefficient (Wildman–Crippen LogP) is 3.56. The number of rotatable bonds is 8. The van der Waals surface area contributed by atoms with Gasteiger partial charge in [0.05, 0.1) is 24.3 Å². The number of aliphatic hydroxyl groups is 2. The highest BCUT2D eigenvalue weighted by atomic mass is 19.1. The number of amides is 1. The van der Waals surface area contributed by atoms with Crippen molar-refractivity contribution >= 4 is 11.7 Å². The molecule has 38 heavy (non-hydrogen) atoms. The number of hydrogen-bond acceptors (Lipinski definition) is 5. The number of hydrogen-bond donors (Lipinski definition) is 3. The molecule has 0 radical (unpaired) electrons. The topological polar surface area (TPSA) is 109 Å². The van der Waals surface area contributed by atoms with Crippen LogP contribution in [0, 0.1) is 17.5 Å². The van der Waals surface area contributed by atoms with Crippen molar-refractivity contribution in [1.29, 1.82) is 0 Å². The molecule has 0 aliphatic heterocycles. The van der Waals surface area contributed by atoms with Gasteiger partial charge in [0, 0.05) is 24.3 Å². The van der Waals surface area contributed by atoms with Gasteiger partial charge in [0.15, 0.2) is 11.5 Å². The van der Waals surface area contributed by atoms with Crippen LogP contribution in [0.3, 0.4) is 0 Å². The Morgan fingerprint density at radius 3 is 2.37 bits per heavy atom. The van der Waals surface area contributed by atoms with Gasteiger partial charge in [-0.05, 0) is 54.7 Å². The monoisotopic (exact) mass is 526 g/mol. The number of halogens is 3. The summed E-state index contributed by atoms with van der Waals surface area (Å²) in [6.45, 7) is -0.557. The number of ketones is 1.